The minimum absolute atomic E-state index is 0.997. The summed E-state index contributed by atoms with van der Waals surface area (Å²) in [6.07, 6.45) is 12.8. The molecule has 0 radical (unpaired) electrons. The highest BCUT2D eigenvalue weighted by Gasteiger charge is 2.37. The Hall–Kier alpha value is 1.96. The van der Waals surface area contributed by atoms with Gasteiger partial charge in [0.15, 0.2) is 0 Å². The van der Waals surface area contributed by atoms with Gasteiger partial charge < -0.3 is 0 Å². The molecule has 0 saturated carbocycles. The summed E-state index contributed by atoms with van der Waals surface area (Å²) in [6.45, 7) is 0. The molecule has 0 nitrogen and oxygen atoms in total. The van der Waals surface area contributed by atoms with Crippen LogP contribution in [-0.2, 0) is 25.7 Å². The largest absolute Gasteiger partial charge is 0.121 e. The van der Waals surface area contributed by atoms with E-state index in [2.05, 4.69) is 73.6 Å². The maximum atomic E-state index is 2.39. The third kappa shape index (κ3) is 8.50. The first kappa shape index (κ1) is 39.4. The summed E-state index contributed by atoms with van der Waals surface area (Å²) in [5, 5.41) is 0. The molecule has 2 aromatic carbocycles. The first-order valence-electron chi connectivity index (χ1n) is 15.8. The first-order valence-corrected chi connectivity index (χ1v) is 30.5. The van der Waals surface area contributed by atoms with Gasteiger partial charge in [0, 0.05) is 0 Å². The van der Waals surface area contributed by atoms with E-state index in [1.807, 2.05) is 188 Å². The molecule has 10 aliphatic rings. The maximum Gasteiger partial charge on any atom is 0.0718 e. The molecule has 0 spiro atoms. The fraction of sp³-hybridized carbons (Fsp3) is 0.222. The summed E-state index contributed by atoms with van der Waals surface area (Å²) < 4.78 is 20.6. The molecule has 12 rings (SSSR count). The van der Waals surface area contributed by atoms with E-state index in [1.54, 1.807) is 11.1 Å². The molecular formula is C36H28S16. The average Bonchev–Trinajstić information content (AvgIpc) is 4.00. The molecule has 0 aromatic heterocycles. The van der Waals surface area contributed by atoms with E-state index < -0.39 is 0 Å². The van der Waals surface area contributed by atoms with Crippen molar-refractivity contribution in [3.05, 3.63) is 141 Å². The summed E-state index contributed by atoms with van der Waals surface area (Å²) in [4.78, 5) is 0. The van der Waals surface area contributed by atoms with Crippen LogP contribution in [-0.4, -0.2) is 25.0 Å². The highest BCUT2D eigenvalue weighted by Crippen LogP contribution is 2.72. The summed E-state index contributed by atoms with van der Waals surface area (Å²) in [5.74, 6) is 0. The quantitative estimate of drug-likeness (QED) is 0.285. The van der Waals surface area contributed by atoms with Gasteiger partial charge in [0.1, 0.15) is 0 Å². The second-order valence-corrected chi connectivity index (χ2v) is 30.7. The Morgan fingerprint density at radius 2 is 0.481 bits per heavy atom. The molecule has 16 heteroatoms. The van der Waals surface area contributed by atoms with Crippen LogP contribution in [0.5, 0.6) is 0 Å². The van der Waals surface area contributed by atoms with Crippen molar-refractivity contribution in [3.8, 4) is 0 Å². The number of hydrogen-bond donors (Lipinski definition) is 0. The highest BCUT2D eigenvalue weighted by molar-refractivity contribution is 8.51. The molecule has 52 heavy (non-hydrogen) atoms. The van der Waals surface area contributed by atoms with Crippen LogP contribution >= 0.6 is 188 Å². The van der Waals surface area contributed by atoms with Crippen LogP contribution in [0.4, 0.5) is 0 Å². The smallest absolute Gasteiger partial charge is 0.0718 e. The summed E-state index contributed by atoms with van der Waals surface area (Å²) in [6, 6.07) is 19.2. The number of benzene rings is 2. The van der Waals surface area contributed by atoms with E-state index in [0.717, 1.165) is 25.7 Å². The van der Waals surface area contributed by atoms with E-state index in [-0.39, 0.29) is 0 Å². The Kier molecular flexibility index (Phi) is 13.4. The van der Waals surface area contributed by atoms with Crippen LogP contribution < -0.4 is 0 Å². The molecule has 0 unspecified atom stereocenters. The SMILES string of the molecule is CSC1=C(SC)SC(=C2SC3=C(SC(=C4Cc5ccc(cc5)CC(=C5SC6=C(S5)SC(=C5SC(SC)=C(SC)S5)S6)Cc5ccc(cc5)C4)S3)S2)S1. The van der Waals surface area contributed by atoms with E-state index in [1.165, 1.54) is 81.6 Å². The Morgan fingerprint density at radius 3 is 0.692 bits per heavy atom. The van der Waals surface area contributed by atoms with E-state index in [9.17, 15) is 0 Å². The second kappa shape index (κ2) is 17.7. The van der Waals surface area contributed by atoms with Crippen molar-refractivity contribution in [2.75, 3.05) is 25.0 Å². The second-order valence-electron chi connectivity index (χ2n) is 11.6. The van der Waals surface area contributed by atoms with Gasteiger partial charge in [-0.3, -0.25) is 0 Å². The summed E-state index contributed by atoms with van der Waals surface area (Å²) in [5.41, 5.74) is 8.74. The molecule has 4 aliphatic carbocycles. The number of allylic oxidation sites excluding steroid dienone is 2. The monoisotopic (exact) mass is 972 g/mol. The molecule has 6 aliphatic heterocycles. The number of hydrogen-bond acceptors (Lipinski definition) is 16. The predicted molar refractivity (Wildman–Crippen MR) is 269 cm³/mol. The molecule has 0 N–H and O–H groups in total. The van der Waals surface area contributed by atoms with Gasteiger partial charge in [-0.1, -0.05) is 190 Å². The van der Waals surface area contributed by atoms with Gasteiger partial charge in [-0.15, -0.1) is 47.0 Å². The first-order chi connectivity index (χ1) is 25.5. The van der Waals surface area contributed by atoms with Crippen LogP contribution in [0, 0.1) is 0 Å². The van der Waals surface area contributed by atoms with Crippen LogP contribution in [0.25, 0.3) is 0 Å². The minimum atomic E-state index is 0.997. The van der Waals surface area contributed by atoms with Gasteiger partial charge in [-0.25, -0.2) is 0 Å². The van der Waals surface area contributed by atoms with Crippen molar-refractivity contribution >= 4 is 188 Å². The molecule has 2 aromatic rings. The van der Waals surface area contributed by atoms with E-state index >= 15 is 0 Å². The van der Waals surface area contributed by atoms with Crippen LogP contribution in [0.2, 0.25) is 0 Å². The summed E-state index contributed by atoms with van der Waals surface area (Å²) in [7, 11) is 0. The fourth-order valence-corrected chi connectivity index (χ4v) is 29.2. The van der Waals surface area contributed by atoms with Crippen molar-refractivity contribution in [1.29, 1.82) is 0 Å². The lowest BCUT2D eigenvalue weighted by Gasteiger charge is -2.17. The minimum Gasteiger partial charge on any atom is -0.121 e. The fourth-order valence-electron chi connectivity index (χ4n) is 5.79. The Bertz CT molecular complexity index is 1820. The van der Waals surface area contributed by atoms with Gasteiger partial charge in [0.05, 0.1) is 59.3 Å². The standard InChI is InChI=1S/C36H28S16/c1-37-25-26(38-2)46-33(45-25)35-49-29-30(50-35)42-23(41-29)21-13-17-5-9-19(10-6-17)15-22(16-20-11-7-18(14-21)8-12-20)24-43-31-32(44-24)52-36(51-31)34-47-27(39-3)28(40-4)48-34/h5-12H,13-16H2,1-4H3. The Labute approximate surface area is 375 Å². The number of thioether (sulfide) groups is 16. The van der Waals surface area contributed by atoms with Crippen molar-refractivity contribution in [3.63, 3.8) is 0 Å². The number of rotatable bonds is 4. The molecule has 0 atom stereocenters. The lowest BCUT2D eigenvalue weighted by Crippen LogP contribution is -2.02. The lowest BCUT2D eigenvalue weighted by atomic mass is 9.94. The van der Waals surface area contributed by atoms with Gasteiger partial charge in [0.25, 0.3) is 0 Å². The molecule has 0 saturated heterocycles. The highest BCUT2D eigenvalue weighted by atomic mass is 32.3. The molecule has 268 valence electrons. The van der Waals surface area contributed by atoms with Crippen molar-refractivity contribution < 1.29 is 0 Å². The lowest BCUT2D eigenvalue weighted by molar-refractivity contribution is 1.00. The van der Waals surface area contributed by atoms with Crippen molar-refractivity contribution in [1.82, 2.24) is 0 Å². The average molecular weight is 974 g/mol. The van der Waals surface area contributed by atoms with Gasteiger partial charge in [0.2, 0.25) is 0 Å². The van der Waals surface area contributed by atoms with E-state index in [4.69, 9.17) is 0 Å². The van der Waals surface area contributed by atoms with Gasteiger partial charge >= 0.3 is 0 Å². The van der Waals surface area contributed by atoms with Crippen LogP contribution in [0.15, 0.2) is 119 Å². The van der Waals surface area contributed by atoms with Crippen molar-refractivity contribution in [2.45, 2.75) is 25.7 Å². The van der Waals surface area contributed by atoms with Gasteiger partial charge in [-0.2, -0.15) is 0 Å². The molecule has 6 heterocycles. The molecular weight excluding hydrogens is 945 g/mol. The Morgan fingerprint density at radius 1 is 0.288 bits per heavy atom. The van der Waals surface area contributed by atoms with Gasteiger partial charge in [-0.05, 0) is 84.1 Å². The molecule has 0 amide bonds. The topological polar surface area (TPSA) is 0 Å². The molecule has 4 bridgehead atoms. The summed E-state index contributed by atoms with van der Waals surface area (Å²) >= 11 is 31.4. The Balaban J connectivity index is 0.915. The van der Waals surface area contributed by atoms with Crippen molar-refractivity contribution in [2.24, 2.45) is 0 Å². The van der Waals surface area contributed by atoms with Crippen LogP contribution in [0.3, 0.4) is 0 Å². The third-order valence-electron chi connectivity index (χ3n) is 8.26. The molecule has 0 fully saturated rings. The zero-order valence-electron chi connectivity index (χ0n) is 28.0. The normalized spacial score (nSPS) is 22.2. The van der Waals surface area contributed by atoms with Crippen LogP contribution in [0.1, 0.15) is 22.3 Å². The third-order valence-corrected chi connectivity index (χ3v) is 31.3. The zero-order chi connectivity index (χ0) is 35.3. The predicted octanol–water partition coefficient (Wildman–Crippen LogP) is 17.1. The zero-order valence-corrected chi connectivity index (χ0v) is 41.0. The maximum absolute atomic E-state index is 2.39. The van der Waals surface area contributed by atoms with E-state index in [0.29, 0.717) is 0 Å².